The van der Waals surface area contributed by atoms with Gasteiger partial charge in [-0.15, -0.1) is 11.6 Å². The van der Waals surface area contributed by atoms with Gasteiger partial charge in [-0.25, -0.2) is 0 Å². The van der Waals surface area contributed by atoms with Crippen LogP contribution in [0.4, 0.5) is 0 Å². The van der Waals surface area contributed by atoms with Gasteiger partial charge in [0.25, 0.3) is 0 Å². The molecule has 1 rings (SSSR count). The molecule has 0 saturated heterocycles. The first-order valence-corrected chi connectivity index (χ1v) is 5.54. The first-order valence-electron chi connectivity index (χ1n) is 4.09. The second kappa shape index (κ2) is 5.60. The molecular weight excluding hydrogens is 235 g/mol. The predicted octanol–water partition coefficient (Wildman–Crippen LogP) is 4.14. The molecule has 1 aromatic carbocycles. The van der Waals surface area contributed by atoms with E-state index in [0.29, 0.717) is 4.83 Å². The molecule has 0 radical (unpaired) electrons. The van der Waals surface area contributed by atoms with Crippen LogP contribution in [-0.4, -0.2) is 5.88 Å². The Bertz CT molecular complexity index is 210. The third kappa shape index (κ3) is 3.16. The van der Waals surface area contributed by atoms with Crippen LogP contribution < -0.4 is 0 Å². The maximum absolute atomic E-state index is 5.61. The molecule has 12 heavy (non-hydrogen) atoms. The quantitative estimate of drug-likeness (QED) is 0.702. The average Bonchev–Trinajstić information content (AvgIpc) is 2.15. The van der Waals surface area contributed by atoms with Crippen molar-refractivity contribution in [2.45, 2.75) is 17.7 Å². The summed E-state index contributed by atoms with van der Waals surface area (Å²) >= 11 is 9.24. The Morgan fingerprint density at radius 1 is 1.25 bits per heavy atom. The van der Waals surface area contributed by atoms with E-state index in [4.69, 9.17) is 11.6 Å². The van der Waals surface area contributed by atoms with Crippen LogP contribution >= 0.6 is 27.5 Å². The molecule has 66 valence electrons. The number of alkyl halides is 2. The van der Waals surface area contributed by atoms with Crippen LogP contribution in [0.3, 0.4) is 0 Å². The molecule has 0 aliphatic carbocycles. The van der Waals surface area contributed by atoms with Gasteiger partial charge in [0.05, 0.1) is 0 Å². The topological polar surface area (TPSA) is 0 Å². The minimum absolute atomic E-state index is 0.456. The van der Waals surface area contributed by atoms with Gasteiger partial charge < -0.3 is 0 Å². The Kier molecular flexibility index (Phi) is 4.70. The fourth-order valence-electron chi connectivity index (χ4n) is 1.08. The molecule has 0 N–H and O–H groups in total. The molecule has 1 aromatic rings. The molecule has 0 aliphatic heterocycles. The monoisotopic (exact) mass is 246 g/mol. The Morgan fingerprint density at radius 3 is 2.50 bits per heavy atom. The van der Waals surface area contributed by atoms with Crippen molar-refractivity contribution in [3.8, 4) is 0 Å². The summed E-state index contributed by atoms with van der Waals surface area (Å²) in [7, 11) is 0. The second-order valence-corrected chi connectivity index (χ2v) is 4.19. The molecule has 0 spiro atoms. The third-order valence-corrected chi connectivity index (χ3v) is 3.01. The standard InChI is InChI=1S/C10H12BrCl/c11-10(7-4-8-12)9-5-2-1-3-6-9/h1-3,5-6,10H,4,7-8H2. The largest absolute Gasteiger partial charge is 0.127 e. The molecule has 0 aliphatic rings. The lowest BCUT2D eigenvalue weighted by atomic mass is 10.1. The van der Waals surface area contributed by atoms with Crippen molar-refractivity contribution < 1.29 is 0 Å². The van der Waals surface area contributed by atoms with E-state index in [1.165, 1.54) is 5.56 Å². The first-order chi connectivity index (χ1) is 5.84. The first kappa shape index (κ1) is 10.1. The highest BCUT2D eigenvalue weighted by Crippen LogP contribution is 2.27. The van der Waals surface area contributed by atoms with E-state index in [0.717, 1.165) is 18.7 Å². The lowest BCUT2D eigenvalue weighted by molar-refractivity contribution is 0.793. The zero-order valence-electron chi connectivity index (χ0n) is 6.84. The van der Waals surface area contributed by atoms with Gasteiger partial charge in [0.2, 0.25) is 0 Å². The van der Waals surface area contributed by atoms with E-state index in [2.05, 4.69) is 40.2 Å². The predicted molar refractivity (Wildman–Crippen MR) is 58.1 cm³/mol. The van der Waals surface area contributed by atoms with Crippen molar-refractivity contribution in [1.29, 1.82) is 0 Å². The molecule has 0 amide bonds. The molecule has 0 fully saturated rings. The highest BCUT2D eigenvalue weighted by Gasteiger charge is 2.04. The van der Waals surface area contributed by atoms with Gasteiger partial charge in [-0.05, 0) is 18.4 Å². The molecule has 1 atom stereocenters. The summed E-state index contributed by atoms with van der Waals surface area (Å²) in [4.78, 5) is 0.456. The second-order valence-electron chi connectivity index (χ2n) is 2.71. The van der Waals surface area contributed by atoms with Crippen LogP contribution in [0.1, 0.15) is 23.2 Å². The van der Waals surface area contributed by atoms with E-state index >= 15 is 0 Å². The van der Waals surface area contributed by atoms with Gasteiger partial charge in [-0.1, -0.05) is 46.3 Å². The number of hydrogen-bond donors (Lipinski definition) is 0. The lowest BCUT2D eigenvalue weighted by Crippen LogP contribution is -1.89. The number of rotatable bonds is 4. The van der Waals surface area contributed by atoms with Crippen molar-refractivity contribution >= 4 is 27.5 Å². The Balaban J connectivity index is 2.48. The van der Waals surface area contributed by atoms with Gasteiger partial charge in [-0.3, -0.25) is 0 Å². The van der Waals surface area contributed by atoms with Gasteiger partial charge in [-0.2, -0.15) is 0 Å². The van der Waals surface area contributed by atoms with Crippen LogP contribution in [0, 0.1) is 0 Å². The summed E-state index contributed by atoms with van der Waals surface area (Å²) in [6, 6.07) is 10.4. The summed E-state index contributed by atoms with van der Waals surface area (Å²) in [6.45, 7) is 0. The average molecular weight is 248 g/mol. The fourth-order valence-corrected chi connectivity index (χ4v) is 1.87. The molecule has 0 nitrogen and oxygen atoms in total. The van der Waals surface area contributed by atoms with E-state index in [9.17, 15) is 0 Å². The molecule has 0 heterocycles. The van der Waals surface area contributed by atoms with Crippen LogP contribution in [0.2, 0.25) is 0 Å². The molecule has 0 saturated carbocycles. The number of halogens is 2. The van der Waals surface area contributed by atoms with Crippen molar-refractivity contribution in [2.24, 2.45) is 0 Å². The maximum Gasteiger partial charge on any atom is 0.0395 e. The minimum atomic E-state index is 0.456. The molecule has 1 unspecified atom stereocenters. The fraction of sp³-hybridized carbons (Fsp3) is 0.400. The van der Waals surface area contributed by atoms with Crippen LogP contribution in [-0.2, 0) is 0 Å². The lowest BCUT2D eigenvalue weighted by Gasteiger charge is -2.07. The smallest absolute Gasteiger partial charge is 0.0395 e. The summed E-state index contributed by atoms with van der Waals surface area (Å²) < 4.78 is 0. The molecule has 0 aromatic heterocycles. The van der Waals surface area contributed by atoms with Gasteiger partial charge in [0, 0.05) is 10.7 Å². The normalized spacial score (nSPS) is 12.8. The summed E-state index contributed by atoms with van der Waals surface area (Å²) in [5.41, 5.74) is 1.34. The number of hydrogen-bond acceptors (Lipinski definition) is 0. The molecule has 0 bridgehead atoms. The van der Waals surface area contributed by atoms with Crippen molar-refractivity contribution in [1.82, 2.24) is 0 Å². The molecule has 2 heteroatoms. The molecular formula is C10H12BrCl. The Hall–Kier alpha value is -0.0100. The summed E-state index contributed by atoms with van der Waals surface area (Å²) in [6.07, 6.45) is 2.17. The highest BCUT2D eigenvalue weighted by atomic mass is 79.9. The Labute approximate surface area is 87.1 Å². The van der Waals surface area contributed by atoms with Gasteiger partial charge in [0.15, 0.2) is 0 Å². The third-order valence-electron chi connectivity index (χ3n) is 1.75. The van der Waals surface area contributed by atoms with Gasteiger partial charge >= 0.3 is 0 Å². The van der Waals surface area contributed by atoms with Crippen molar-refractivity contribution in [3.05, 3.63) is 35.9 Å². The van der Waals surface area contributed by atoms with Crippen LogP contribution in [0.5, 0.6) is 0 Å². The number of benzene rings is 1. The highest BCUT2D eigenvalue weighted by molar-refractivity contribution is 9.09. The van der Waals surface area contributed by atoms with Crippen molar-refractivity contribution in [2.75, 3.05) is 5.88 Å². The van der Waals surface area contributed by atoms with E-state index in [-0.39, 0.29) is 0 Å². The van der Waals surface area contributed by atoms with Crippen LogP contribution in [0.15, 0.2) is 30.3 Å². The Morgan fingerprint density at radius 2 is 1.92 bits per heavy atom. The zero-order valence-corrected chi connectivity index (χ0v) is 9.18. The SMILES string of the molecule is ClCCCC(Br)c1ccccc1. The zero-order chi connectivity index (χ0) is 8.81. The van der Waals surface area contributed by atoms with Gasteiger partial charge in [0.1, 0.15) is 0 Å². The minimum Gasteiger partial charge on any atom is -0.127 e. The van der Waals surface area contributed by atoms with Crippen LogP contribution in [0.25, 0.3) is 0 Å². The maximum atomic E-state index is 5.61. The van der Waals surface area contributed by atoms with E-state index in [1.807, 2.05) is 6.07 Å². The van der Waals surface area contributed by atoms with E-state index in [1.54, 1.807) is 0 Å². The van der Waals surface area contributed by atoms with E-state index < -0.39 is 0 Å². The van der Waals surface area contributed by atoms with Crippen molar-refractivity contribution in [3.63, 3.8) is 0 Å². The summed E-state index contributed by atoms with van der Waals surface area (Å²) in [5.74, 6) is 0.745. The summed E-state index contributed by atoms with van der Waals surface area (Å²) in [5, 5.41) is 0.